The van der Waals surface area contributed by atoms with Crippen molar-refractivity contribution < 1.29 is 19.1 Å². The Morgan fingerprint density at radius 1 is 1.06 bits per heavy atom. The topological polar surface area (TPSA) is 95.3 Å². The summed E-state index contributed by atoms with van der Waals surface area (Å²) in [5.74, 6) is 1.12. The van der Waals surface area contributed by atoms with Crippen LogP contribution in [0.15, 0.2) is 53.7 Å². The molecular weight excluding hydrogens is 428 g/mol. The lowest BCUT2D eigenvalue weighted by Crippen LogP contribution is -2.15. The van der Waals surface area contributed by atoms with E-state index < -0.39 is 0 Å². The van der Waals surface area contributed by atoms with Crippen molar-refractivity contribution in [3.63, 3.8) is 0 Å². The van der Waals surface area contributed by atoms with Crippen LogP contribution in [-0.4, -0.2) is 39.0 Å². The molecule has 9 heteroatoms. The second kappa shape index (κ2) is 11.3. The number of carbonyl (C=O) groups is 2. The van der Waals surface area contributed by atoms with Gasteiger partial charge >= 0.3 is 5.97 Å². The maximum Gasteiger partial charge on any atom is 0.338 e. The van der Waals surface area contributed by atoms with Crippen LogP contribution in [0.2, 0.25) is 0 Å². The number of rotatable bonds is 10. The van der Waals surface area contributed by atoms with Gasteiger partial charge in [0.2, 0.25) is 5.91 Å². The Balaban J connectivity index is 1.54. The number of aromatic nitrogens is 3. The Hall–Kier alpha value is -3.33. The summed E-state index contributed by atoms with van der Waals surface area (Å²) in [6.07, 6.45) is 0. The third-order valence-corrected chi connectivity index (χ3v) is 5.54. The van der Waals surface area contributed by atoms with Crippen molar-refractivity contribution in [2.45, 2.75) is 39.1 Å². The Labute approximate surface area is 191 Å². The first-order chi connectivity index (χ1) is 15.5. The van der Waals surface area contributed by atoms with Crippen molar-refractivity contribution >= 4 is 29.3 Å². The van der Waals surface area contributed by atoms with Gasteiger partial charge in [0, 0.05) is 12.2 Å². The van der Waals surface area contributed by atoms with Crippen molar-refractivity contribution in [2.75, 3.05) is 17.7 Å². The molecule has 3 rings (SSSR count). The molecule has 0 fully saturated rings. The summed E-state index contributed by atoms with van der Waals surface area (Å²) in [5.41, 5.74) is 2.10. The summed E-state index contributed by atoms with van der Waals surface area (Å²) in [5, 5.41) is 11.9. The molecule has 3 aromatic rings. The SMILES string of the molecule is CCOC(=O)c1ccc(NC(=O)CSc2nnc(COc3ccccc3C)n2CC)cc1. The number of carbonyl (C=O) groups excluding carboxylic acids is 2. The predicted octanol–water partition coefficient (Wildman–Crippen LogP) is 4.09. The Morgan fingerprint density at radius 2 is 1.81 bits per heavy atom. The molecule has 1 aromatic heterocycles. The van der Waals surface area contributed by atoms with Gasteiger partial charge in [-0.05, 0) is 56.7 Å². The Morgan fingerprint density at radius 3 is 2.50 bits per heavy atom. The van der Waals surface area contributed by atoms with Crippen molar-refractivity contribution in [1.82, 2.24) is 14.8 Å². The lowest BCUT2D eigenvalue weighted by Gasteiger charge is -2.10. The molecule has 0 aliphatic carbocycles. The first-order valence-electron chi connectivity index (χ1n) is 10.3. The number of para-hydroxylation sites is 1. The smallest absolute Gasteiger partial charge is 0.338 e. The van der Waals surface area contributed by atoms with E-state index in [1.165, 1.54) is 11.8 Å². The summed E-state index contributed by atoms with van der Waals surface area (Å²) in [6, 6.07) is 14.4. The molecule has 1 N–H and O–H groups in total. The van der Waals surface area contributed by atoms with Crippen LogP contribution in [0.1, 0.15) is 35.6 Å². The van der Waals surface area contributed by atoms with E-state index in [0.29, 0.717) is 42.0 Å². The minimum absolute atomic E-state index is 0.177. The van der Waals surface area contributed by atoms with Crippen LogP contribution in [0.5, 0.6) is 5.75 Å². The molecule has 0 radical (unpaired) electrons. The van der Waals surface area contributed by atoms with E-state index in [9.17, 15) is 9.59 Å². The van der Waals surface area contributed by atoms with Crippen LogP contribution in [0.4, 0.5) is 5.69 Å². The van der Waals surface area contributed by atoms with Crippen LogP contribution in [0.25, 0.3) is 0 Å². The number of hydrogen-bond donors (Lipinski definition) is 1. The van der Waals surface area contributed by atoms with Crippen molar-refractivity contribution in [3.8, 4) is 5.75 Å². The highest BCUT2D eigenvalue weighted by Gasteiger charge is 2.14. The van der Waals surface area contributed by atoms with E-state index in [-0.39, 0.29) is 17.6 Å². The second-order valence-electron chi connectivity index (χ2n) is 6.83. The van der Waals surface area contributed by atoms with E-state index in [1.807, 2.05) is 42.7 Å². The number of ether oxygens (including phenoxy) is 2. The lowest BCUT2D eigenvalue weighted by molar-refractivity contribution is -0.113. The van der Waals surface area contributed by atoms with Gasteiger partial charge in [-0.25, -0.2) is 4.79 Å². The zero-order valence-electron chi connectivity index (χ0n) is 18.3. The largest absolute Gasteiger partial charge is 0.485 e. The summed E-state index contributed by atoms with van der Waals surface area (Å²) in [4.78, 5) is 24.1. The van der Waals surface area contributed by atoms with Crippen molar-refractivity contribution in [3.05, 3.63) is 65.5 Å². The summed E-state index contributed by atoms with van der Waals surface area (Å²) >= 11 is 1.31. The van der Waals surface area contributed by atoms with Crippen LogP contribution in [-0.2, 0) is 22.7 Å². The maximum absolute atomic E-state index is 12.4. The summed E-state index contributed by atoms with van der Waals surface area (Å²) in [6.45, 7) is 7.02. The van der Waals surface area contributed by atoms with Crippen LogP contribution < -0.4 is 10.1 Å². The minimum atomic E-state index is -0.387. The molecule has 0 aliphatic heterocycles. The van der Waals surface area contributed by atoms with Crippen molar-refractivity contribution in [2.24, 2.45) is 0 Å². The van der Waals surface area contributed by atoms with Gasteiger partial charge < -0.3 is 19.4 Å². The number of esters is 1. The summed E-state index contributed by atoms with van der Waals surface area (Å²) < 4.78 is 12.8. The molecule has 0 saturated heterocycles. The molecule has 168 valence electrons. The molecule has 0 atom stereocenters. The van der Waals surface area contributed by atoms with Gasteiger partial charge in [-0.15, -0.1) is 10.2 Å². The monoisotopic (exact) mass is 454 g/mol. The Kier molecular flexibility index (Phi) is 8.27. The predicted molar refractivity (Wildman–Crippen MR) is 123 cm³/mol. The maximum atomic E-state index is 12.4. The third-order valence-electron chi connectivity index (χ3n) is 4.57. The molecule has 0 bridgehead atoms. The van der Waals surface area contributed by atoms with Gasteiger partial charge in [-0.2, -0.15) is 0 Å². The van der Waals surface area contributed by atoms with Crippen LogP contribution in [0.3, 0.4) is 0 Å². The second-order valence-corrected chi connectivity index (χ2v) is 7.77. The number of hydrogen-bond acceptors (Lipinski definition) is 7. The quantitative estimate of drug-likeness (QED) is 0.364. The minimum Gasteiger partial charge on any atom is -0.485 e. The molecule has 2 aromatic carbocycles. The lowest BCUT2D eigenvalue weighted by atomic mass is 10.2. The van der Waals surface area contributed by atoms with Crippen LogP contribution >= 0.6 is 11.8 Å². The van der Waals surface area contributed by atoms with E-state index in [4.69, 9.17) is 9.47 Å². The summed E-state index contributed by atoms with van der Waals surface area (Å²) in [7, 11) is 0. The number of benzene rings is 2. The van der Waals surface area contributed by atoms with Crippen molar-refractivity contribution in [1.29, 1.82) is 0 Å². The normalized spacial score (nSPS) is 10.6. The fraction of sp³-hybridized carbons (Fsp3) is 0.304. The van der Waals surface area contributed by atoms with Gasteiger partial charge in [-0.3, -0.25) is 4.79 Å². The van der Waals surface area contributed by atoms with E-state index >= 15 is 0 Å². The Bertz CT molecular complexity index is 1070. The molecule has 0 saturated carbocycles. The third kappa shape index (κ3) is 6.10. The van der Waals surface area contributed by atoms with Gasteiger partial charge in [-0.1, -0.05) is 30.0 Å². The molecule has 0 spiro atoms. The first-order valence-corrected chi connectivity index (χ1v) is 11.3. The zero-order valence-corrected chi connectivity index (χ0v) is 19.1. The molecule has 1 amide bonds. The first kappa shape index (κ1) is 23.3. The molecule has 8 nitrogen and oxygen atoms in total. The molecule has 0 unspecified atom stereocenters. The molecule has 1 heterocycles. The van der Waals surface area contributed by atoms with Gasteiger partial charge in [0.1, 0.15) is 12.4 Å². The van der Waals surface area contributed by atoms with Gasteiger partial charge in [0.25, 0.3) is 0 Å². The number of nitrogens with zero attached hydrogens (tertiary/aromatic N) is 3. The highest BCUT2D eigenvalue weighted by Crippen LogP contribution is 2.21. The highest BCUT2D eigenvalue weighted by molar-refractivity contribution is 7.99. The molecule has 32 heavy (non-hydrogen) atoms. The van der Waals surface area contributed by atoms with Gasteiger partial charge in [0.15, 0.2) is 11.0 Å². The number of anilines is 1. The molecule has 0 aliphatic rings. The molecular formula is C23H26N4O4S. The average Bonchev–Trinajstić information content (AvgIpc) is 3.19. The number of aryl methyl sites for hydroxylation is 1. The van der Waals surface area contributed by atoms with E-state index in [2.05, 4.69) is 15.5 Å². The fourth-order valence-corrected chi connectivity index (χ4v) is 3.76. The fourth-order valence-electron chi connectivity index (χ4n) is 2.94. The average molecular weight is 455 g/mol. The number of nitrogens with one attached hydrogen (secondary N) is 1. The van der Waals surface area contributed by atoms with Gasteiger partial charge in [0.05, 0.1) is 17.9 Å². The highest BCUT2D eigenvalue weighted by atomic mass is 32.2. The van der Waals surface area contributed by atoms with E-state index in [0.717, 1.165) is 11.3 Å². The van der Waals surface area contributed by atoms with Crippen LogP contribution in [0, 0.1) is 6.92 Å². The standard InChI is InChI=1S/C23H26N4O4S/c1-4-27-20(14-31-19-9-7-6-8-16(19)3)25-26-23(27)32-15-21(28)24-18-12-10-17(11-13-18)22(29)30-5-2/h6-13H,4-5,14-15H2,1-3H3,(H,24,28). The number of amides is 1. The van der Waals surface area contributed by atoms with E-state index in [1.54, 1.807) is 31.2 Å². The zero-order chi connectivity index (χ0) is 22.9. The number of thioether (sulfide) groups is 1.